The Kier molecular flexibility index (Phi) is 8.11. The molecule has 5 heteroatoms. The van der Waals surface area contributed by atoms with Crippen molar-refractivity contribution >= 4 is 0 Å². The zero-order valence-electron chi connectivity index (χ0n) is 18.2. The van der Waals surface area contributed by atoms with E-state index in [9.17, 15) is 5.11 Å². The van der Waals surface area contributed by atoms with Gasteiger partial charge in [-0.3, -0.25) is 0 Å². The fourth-order valence-electron chi connectivity index (χ4n) is 4.60. The Hall–Kier alpha value is -1.76. The Labute approximate surface area is 185 Å². The van der Waals surface area contributed by atoms with Gasteiger partial charge in [0.05, 0.1) is 31.5 Å². The van der Waals surface area contributed by atoms with Crippen LogP contribution in [0.15, 0.2) is 60.7 Å². The van der Waals surface area contributed by atoms with Crippen molar-refractivity contribution in [3.63, 3.8) is 0 Å². The molecule has 2 fully saturated rings. The molecule has 2 bridgehead atoms. The number of hydrogen-bond donors (Lipinski definition) is 1. The van der Waals surface area contributed by atoms with Crippen LogP contribution in [0.4, 0.5) is 0 Å². The molecule has 2 heterocycles. The normalized spacial score (nSPS) is 27.5. The van der Waals surface area contributed by atoms with E-state index in [0.717, 1.165) is 38.5 Å². The van der Waals surface area contributed by atoms with Gasteiger partial charge in [-0.05, 0) is 30.4 Å². The van der Waals surface area contributed by atoms with Crippen molar-refractivity contribution in [2.75, 3.05) is 13.2 Å². The first-order valence-corrected chi connectivity index (χ1v) is 11.5. The molecular formula is C26H34O5. The van der Waals surface area contributed by atoms with E-state index >= 15 is 0 Å². The Morgan fingerprint density at radius 1 is 0.903 bits per heavy atom. The molecule has 1 unspecified atom stereocenters. The third-order valence-electron chi connectivity index (χ3n) is 6.11. The second-order valence-corrected chi connectivity index (χ2v) is 8.59. The molecular weight excluding hydrogens is 392 g/mol. The number of aliphatic hydroxyl groups is 1. The maximum absolute atomic E-state index is 9.25. The monoisotopic (exact) mass is 426 g/mol. The molecule has 0 radical (unpaired) electrons. The van der Waals surface area contributed by atoms with E-state index in [1.54, 1.807) is 0 Å². The van der Waals surface area contributed by atoms with Crippen LogP contribution >= 0.6 is 0 Å². The number of fused-ring (bicyclic) bond motifs is 2. The highest BCUT2D eigenvalue weighted by atomic mass is 16.8. The smallest absolute Gasteiger partial charge is 0.171 e. The summed E-state index contributed by atoms with van der Waals surface area (Å²) in [5, 5.41) is 9.25. The minimum Gasteiger partial charge on any atom is -0.396 e. The third-order valence-corrected chi connectivity index (χ3v) is 6.11. The van der Waals surface area contributed by atoms with Gasteiger partial charge in [-0.15, -0.1) is 0 Å². The first-order chi connectivity index (χ1) is 15.3. The van der Waals surface area contributed by atoms with Crippen molar-refractivity contribution < 1.29 is 24.1 Å². The summed E-state index contributed by atoms with van der Waals surface area (Å²) in [6, 6.07) is 20.5. The lowest BCUT2D eigenvalue weighted by molar-refractivity contribution is -0.226. The Balaban J connectivity index is 1.29. The van der Waals surface area contributed by atoms with Crippen LogP contribution in [0.25, 0.3) is 0 Å². The molecule has 168 valence electrons. The van der Waals surface area contributed by atoms with Gasteiger partial charge in [0.25, 0.3) is 0 Å². The van der Waals surface area contributed by atoms with Crippen LogP contribution in [0.2, 0.25) is 0 Å². The van der Waals surface area contributed by atoms with Crippen LogP contribution in [-0.2, 0) is 32.2 Å². The van der Waals surface area contributed by atoms with Crippen LogP contribution in [0, 0.1) is 0 Å². The third kappa shape index (κ3) is 6.37. The van der Waals surface area contributed by atoms with Crippen molar-refractivity contribution in [1.82, 2.24) is 0 Å². The number of ether oxygens (including phenoxy) is 4. The number of benzene rings is 2. The van der Waals surface area contributed by atoms with E-state index in [2.05, 4.69) is 24.3 Å². The van der Waals surface area contributed by atoms with Crippen LogP contribution in [0.3, 0.4) is 0 Å². The van der Waals surface area contributed by atoms with Gasteiger partial charge in [-0.2, -0.15) is 0 Å². The average Bonchev–Trinajstić information content (AvgIpc) is 3.07. The summed E-state index contributed by atoms with van der Waals surface area (Å²) in [6.45, 7) is 2.08. The molecule has 0 aromatic heterocycles. The molecule has 31 heavy (non-hydrogen) atoms. The second-order valence-electron chi connectivity index (χ2n) is 8.59. The number of hydrogen-bond acceptors (Lipinski definition) is 5. The molecule has 0 aliphatic carbocycles. The molecule has 2 aromatic rings. The summed E-state index contributed by atoms with van der Waals surface area (Å²) in [5.41, 5.74) is 2.37. The maximum Gasteiger partial charge on any atom is 0.171 e. The average molecular weight is 427 g/mol. The first kappa shape index (κ1) is 22.4. The van der Waals surface area contributed by atoms with Crippen molar-refractivity contribution in [3.8, 4) is 0 Å². The lowest BCUT2D eigenvalue weighted by Crippen LogP contribution is -2.41. The molecule has 5 nitrogen and oxygen atoms in total. The molecule has 2 aliphatic heterocycles. The number of rotatable bonds is 12. The molecule has 4 atom stereocenters. The van der Waals surface area contributed by atoms with Gasteiger partial charge in [0.2, 0.25) is 0 Å². The first-order valence-electron chi connectivity index (χ1n) is 11.5. The summed E-state index contributed by atoms with van der Waals surface area (Å²) in [5.74, 6) is -0.597. The topological polar surface area (TPSA) is 57.2 Å². The zero-order valence-corrected chi connectivity index (χ0v) is 18.2. The van der Waals surface area contributed by atoms with E-state index in [1.807, 2.05) is 36.4 Å². The summed E-state index contributed by atoms with van der Waals surface area (Å²) in [4.78, 5) is 0. The van der Waals surface area contributed by atoms with E-state index in [0.29, 0.717) is 19.8 Å². The van der Waals surface area contributed by atoms with Gasteiger partial charge in [-0.1, -0.05) is 60.7 Å². The van der Waals surface area contributed by atoms with Gasteiger partial charge in [-0.25, -0.2) is 0 Å². The fourth-order valence-corrected chi connectivity index (χ4v) is 4.60. The standard InChI is InChI=1S/C26H34O5/c27-15-7-13-24-25-17-23(29-20-22-11-5-2-6-12-22)18-26(30-24,31-25)14-8-16-28-19-21-9-3-1-4-10-21/h1-6,9-12,23-25,27H,7-8,13-20H2/t23-,24-,25+,26?/m0/s1. The minimum atomic E-state index is -0.597. The zero-order chi connectivity index (χ0) is 21.4. The second kappa shape index (κ2) is 11.2. The summed E-state index contributed by atoms with van der Waals surface area (Å²) < 4.78 is 25.0. The predicted molar refractivity (Wildman–Crippen MR) is 118 cm³/mol. The molecule has 4 rings (SSSR count). The highest BCUT2D eigenvalue weighted by Crippen LogP contribution is 2.45. The predicted octanol–water partition coefficient (Wildman–Crippen LogP) is 4.62. The van der Waals surface area contributed by atoms with Crippen LogP contribution in [0.5, 0.6) is 0 Å². The van der Waals surface area contributed by atoms with Crippen LogP contribution in [0.1, 0.15) is 49.7 Å². The summed E-state index contributed by atoms with van der Waals surface area (Å²) >= 11 is 0. The summed E-state index contributed by atoms with van der Waals surface area (Å²) in [7, 11) is 0. The molecule has 2 aliphatic rings. The largest absolute Gasteiger partial charge is 0.396 e. The Morgan fingerprint density at radius 2 is 1.61 bits per heavy atom. The van der Waals surface area contributed by atoms with E-state index < -0.39 is 5.79 Å². The number of aliphatic hydroxyl groups excluding tert-OH is 1. The molecule has 0 spiro atoms. The fraction of sp³-hybridized carbons (Fsp3) is 0.538. The van der Waals surface area contributed by atoms with Gasteiger partial charge in [0.15, 0.2) is 5.79 Å². The molecule has 2 saturated heterocycles. The summed E-state index contributed by atoms with van der Waals surface area (Å²) in [6.07, 6.45) is 4.98. The lowest BCUT2D eigenvalue weighted by Gasteiger charge is -2.36. The quantitative estimate of drug-likeness (QED) is 0.502. The van der Waals surface area contributed by atoms with Gasteiger partial charge in [0, 0.05) is 32.5 Å². The van der Waals surface area contributed by atoms with Gasteiger partial charge < -0.3 is 24.1 Å². The van der Waals surface area contributed by atoms with Crippen molar-refractivity contribution in [2.24, 2.45) is 0 Å². The molecule has 2 aromatic carbocycles. The maximum atomic E-state index is 9.25. The molecule has 0 amide bonds. The van der Waals surface area contributed by atoms with E-state index in [-0.39, 0.29) is 24.9 Å². The SMILES string of the molecule is OCCC[C@@H]1OC2(CCCOCc3ccccc3)C[C@@H](OCc3ccccc3)C[C@H]1O2. The van der Waals surface area contributed by atoms with Crippen LogP contribution in [-0.4, -0.2) is 42.4 Å². The Bertz CT molecular complexity index is 768. The minimum absolute atomic E-state index is 0.0303. The van der Waals surface area contributed by atoms with E-state index in [1.165, 1.54) is 11.1 Å². The Morgan fingerprint density at radius 3 is 2.32 bits per heavy atom. The van der Waals surface area contributed by atoms with Crippen molar-refractivity contribution in [3.05, 3.63) is 71.8 Å². The highest BCUT2D eigenvalue weighted by molar-refractivity contribution is 5.14. The highest BCUT2D eigenvalue weighted by Gasteiger charge is 2.52. The van der Waals surface area contributed by atoms with Crippen LogP contribution < -0.4 is 0 Å². The molecule has 0 saturated carbocycles. The van der Waals surface area contributed by atoms with Gasteiger partial charge in [0.1, 0.15) is 0 Å². The van der Waals surface area contributed by atoms with Crippen molar-refractivity contribution in [2.45, 2.75) is 75.8 Å². The van der Waals surface area contributed by atoms with E-state index in [4.69, 9.17) is 18.9 Å². The van der Waals surface area contributed by atoms with Gasteiger partial charge >= 0.3 is 0 Å². The molecule has 1 N–H and O–H groups in total. The lowest BCUT2D eigenvalue weighted by atomic mass is 9.95. The van der Waals surface area contributed by atoms with Crippen molar-refractivity contribution in [1.29, 1.82) is 0 Å².